The molecule has 0 radical (unpaired) electrons. The molecule has 0 saturated carbocycles. The number of nitrogens with one attached hydrogen (secondary N) is 3. The molecule has 7 nitrogen and oxygen atoms in total. The van der Waals surface area contributed by atoms with E-state index in [4.69, 9.17) is 0 Å². The lowest BCUT2D eigenvalue weighted by atomic mass is 10.1. The highest BCUT2D eigenvalue weighted by Crippen LogP contribution is 2.27. The van der Waals surface area contributed by atoms with Crippen molar-refractivity contribution in [3.05, 3.63) is 66.1 Å². The lowest BCUT2D eigenvalue weighted by molar-refractivity contribution is -0.115. The number of rotatable bonds is 6. The van der Waals surface area contributed by atoms with Crippen molar-refractivity contribution in [1.82, 2.24) is 15.0 Å². The van der Waals surface area contributed by atoms with Crippen molar-refractivity contribution in [3.8, 4) is 0 Å². The van der Waals surface area contributed by atoms with Gasteiger partial charge in [-0.2, -0.15) is 4.98 Å². The molecule has 1 aromatic carbocycles. The molecule has 1 aliphatic heterocycles. The molecule has 1 amide bonds. The maximum Gasteiger partial charge on any atom is 0.229 e. The topological polar surface area (TPSA) is 91.8 Å². The number of fused-ring (bicyclic) bond motifs is 1. The molecular weight excluding hydrogens is 328 g/mol. The van der Waals surface area contributed by atoms with Crippen LogP contribution in [0.15, 0.2) is 54.9 Å². The average molecular weight is 346 g/mol. The summed E-state index contributed by atoms with van der Waals surface area (Å²) in [5, 5.41) is 9.29. The van der Waals surface area contributed by atoms with Crippen molar-refractivity contribution >= 4 is 29.0 Å². The Morgan fingerprint density at radius 1 is 1.08 bits per heavy atom. The normalized spacial score (nSPS) is 12.4. The van der Waals surface area contributed by atoms with E-state index in [0.29, 0.717) is 12.4 Å². The van der Waals surface area contributed by atoms with Crippen LogP contribution in [0.3, 0.4) is 0 Å². The van der Waals surface area contributed by atoms with Crippen LogP contribution in [0.25, 0.3) is 0 Å². The van der Waals surface area contributed by atoms with Crippen molar-refractivity contribution in [2.24, 2.45) is 0 Å². The van der Waals surface area contributed by atoms with Crippen molar-refractivity contribution in [2.75, 3.05) is 22.5 Å². The molecule has 4 rings (SSSR count). The van der Waals surface area contributed by atoms with E-state index >= 15 is 0 Å². The number of hydrogen-bond acceptors (Lipinski definition) is 6. The first-order valence-electron chi connectivity index (χ1n) is 8.43. The number of benzene rings is 1. The fraction of sp³-hybridized carbons (Fsp3) is 0.158. The predicted octanol–water partition coefficient (Wildman–Crippen LogP) is 2.76. The van der Waals surface area contributed by atoms with Gasteiger partial charge in [-0.25, -0.2) is 4.98 Å². The summed E-state index contributed by atoms with van der Waals surface area (Å²) in [6, 6.07) is 13.4. The Balaban J connectivity index is 1.38. The minimum atomic E-state index is 0.0208. The standard InChI is InChI=1S/C19H18N6O/c26-18-12-13-11-15(4-5-16(13)24-18)23-19-22-10-7-17(25-19)21-9-6-14-3-1-2-8-20-14/h1-5,7-8,10-11H,6,9,12H2,(H,24,26)(H2,21,22,23,25). The van der Waals surface area contributed by atoms with Crippen LogP contribution in [-0.2, 0) is 17.6 Å². The summed E-state index contributed by atoms with van der Waals surface area (Å²) in [5.74, 6) is 1.27. The Hall–Kier alpha value is -3.48. The monoisotopic (exact) mass is 346 g/mol. The van der Waals surface area contributed by atoms with Crippen LogP contribution < -0.4 is 16.0 Å². The fourth-order valence-electron chi connectivity index (χ4n) is 2.82. The van der Waals surface area contributed by atoms with Crippen LogP contribution in [0, 0.1) is 0 Å². The van der Waals surface area contributed by atoms with E-state index in [1.807, 2.05) is 42.5 Å². The van der Waals surface area contributed by atoms with E-state index in [2.05, 4.69) is 30.9 Å². The summed E-state index contributed by atoms with van der Waals surface area (Å²) in [5.41, 5.74) is 3.73. The average Bonchev–Trinajstić information content (AvgIpc) is 3.02. The quantitative estimate of drug-likeness (QED) is 0.636. The summed E-state index contributed by atoms with van der Waals surface area (Å²) < 4.78 is 0. The zero-order chi connectivity index (χ0) is 17.8. The van der Waals surface area contributed by atoms with Gasteiger partial charge in [-0.15, -0.1) is 0 Å². The summed E-state index contributed by atoms with van der Waals surface area (Å²) in [4.78, 5) is 24.5. The maximum absolute atomic E-state index is 11.4. The first-order valence-corrected chi connectivity index (χ1v) is 8.43. The number of aromatic nitrogens is 3. The summed E-state index contributed by atoms with van der Waals surface area (Å²) in [7, 11) is 0. The molecule has 2 aromatic heterocycles. The molecule has 0 aliphatic carbocycles. The Morgan fingerprint density at radius 3 is 2.92 bits per heavy atom. The van der Waals surface area contributed by atoms with Crippen molar-refractivity contribution in [1.29, 1.82) is 0 Å². The van der Waals surface area contributed by atoms with Crippen LogP contribution in [0.4, 0.5) is 23.1 Å². The van der Waals surface area contributed by atoms with Gasteiger partial charge in [0.2, 0.25) is 11.9 Å². The number of carbonyl (C=O) groups is 1. The lowest BCUT2D eigenvalue weighted by Gasteiger charge is -2.09. The highest BCUT2D eigenvalue weighted by molar-refractivity contribution is 5.99. The smallest absolute Gasteiger partial charge is 0.229 e. The van der Waals surface area contributed by atoms with E-state index in [1.54, 1.807) is 12.4 Å². The predicted molar refractivity (Wildman–Crippen MR) is 101 cm³/mol. The molecule has 0 saturated heterocycles. The SMILES string of the molecule is O=C1Cc2cc(Nc3nccc(NCCc4ccccn4)n3)ccc2N1. The zero-order valence-corrected chi connectivity index (χ0v) is 14.1. The highest BCUT2D eigenvalue weighted by Gasteiger charge is 2.17. The molecule has 0 bridgehead atoms. The lowest BCUT2D eigenvalue weighted by Crippen LogP contribution is -2.08. The molecular formula is C19H18N6O. The summed E-state index contributed by atoms with van der Waals surface area (Å²) in [6.45, 7) is 0.736. The Kier molecular flexibility index (Phi) is 4.42. The molecule has 26 heavy (non-hydrogen) atoms. The molecule has 0 fully saturated rings. The second kappa shape index (κ2) is 7.18. The maximum atomic E-state index is 11.4. The minimum absolute atomic E-state index is 0.0208. The van der Waals surface area contributed by atoms with Crippen LogP contribution in [-0.4, -0.2) is 27.4 Å². The highest BCUT2D eigenvalue weighted by atomic mass is 16.1. The summed E-state index contributed by atoms with van der Waals surface area (Å²) >= 11 is 0. The van der Waals surface area contributed by atoms with Crippen molar-refractivity contribution in [3.63, 3.8) is 0 Å². The number of anilines is 4. The number of nitrogens with zero attached hydrogens (tertiary/aromatic N) is 3. The van der Waals surface area contributed by atoms with Crippen LogP contribution in [0.5, 0.6) is 0 Å². The molecule has 7 heteroatoms. The number of amides is 1. The van der Waals surface area contributed by atoms with Gasteiger partial charge in [0, 0.05) is 42.4 Å². The third kappa shape index (κ3) is 3.77. The number of carbonyl (C=O) groups excluding carboxylic acids is 1. The van der Waals surface area contributed by atoms with Crippen LogP contribution in [0.1, 0.15) is 11.3 Å². The van der Waals surface area contributed by atoms with Gasteiger partial charge in [0.05, 0.1) is 6.42 Å². The van der Waals surface area contributed by atoms with Crippen molar-refractivity contribution in [2.45, 2.75) is 12.8 Å². The first-order chi connectivity index (χ1) is 12.8. The zero-order valence-electron chi connectivity index (χ0n) is 14.1. The molecule has 0 unspecified atom stereocenters. The summed E-state index contributed by atoms with van der Waals surface area (Å²) in [6.07, 6.45) is 4.72. The van der Waals surface area contributed by atoms with Gasteiger partial charge in [-0.3, -0.25) is 9.78 Å². The molecule has 3 N–H and O–H groups in total. The second-order valence-electron chi connectivity index (χ2n) is 5.99. The van der Waals surface area contributed by atoms with E-state index in [9.17, 15) is 4.79 Å². The van der Waals surface area contributed by atoms with E-state index in [-0.39, 0.29) is 5.91 Å². The Labute approximate surface area is 150 Å². The van der Waals surface area contributed by atoms with Gasteiger partial charge < -0.3 is 16.0 Å². The van der Waals surface area contributed by atoms with Crippen LogP contribution >= 0.6 is 0 Å². The van der Waals surface area contributed by atoms with Gasteiger partial charge >= 0.3 is 0 Å². The Bertz CT molecular complexity index is 928. The minimum Gasteiger partial charge on any atom is -0.370 e. The van der Waals surface area contributed by atoms with E-state index < -0.39 is 0 Å². The van der Waals surface area contributed by atoms with E-state index in [1.165, 1.54) is 0 Å². The Morgan fingerprint density at radius 2 is 2.04 bits per heavy atom. The fourth-order valence-corrected chi connectivity index (χ4v) is 2.82. The van der Waals surface area contributed by atoms with Gasteiger partial charge in [-0.1, -0.05) is 6.07 Å². The molecule has 3 heterocycles. The van der Waals surface area contributed by atoms with Crippen LogP contribution in [0.2, 0.25) is 0 Å². The molecule has 130 valence electrons. The number of pyridine rings is 1. The largest absolute Gasteiger partial charge is 0.370 e. The molecule has 0 spiro atoms. The second-order valence-corrected chi connectivity index (χ2v) is 5.99. The molecule has 3 aromatic rings. The van der Waals surface area contributed by atoms with Gasteiger partial charge in [0.15, 0.2) is 0 Å². The number of hydrogen-bond donors (Lipinski definition) is 3. The third-order valence-electron chi connectivity index (χ3n) is 4.06. The van der Waals surface area contributed by atoms with Gasteiger partial charge in [0.1, 0.15) is 5.82 Å². The van der Waals surface area contributed by atoms with Gasteiger partial charge in [-0.05, 0) is 42.0 Å². The van der Waals surface area contributed by atoms with Crippen molar-refractivity contribution < 1.29 is 4.79 Å². The third-order valence-corrected chi connectivity index (χ3v) is 4.06. The molecule has 0 atom stereocenters. The first kappa shape index (κ1) is 16.0. The van der Waals surface area contributed by atoms with E-state index in [0.717, 1.165) is 41.4 Å². The molecule has 1 aliphatic rings. The van der Waals surface area contributed by atoms with Gasteiger partial charge in [0.25, 0.3) is 0 Å².